The van der Waals surface area contributed by atoms with E-state index in [1.165, 1.54) is 35.5 Å². The van der Waals surface area contributed by atoms with Gasteiger partial charge >= 0.3 is 0 Å². The summed E-state index contributed by atoms with van der Waals surface area (Å²) in [6, 6.07) is 13.1. The second kappa shape index (κ2) is 10.1. The molecule has 1 aliphatic heterocycles. The molecule has 0 radical (unpaired) electrons. The van der Waals surface area contributed by atoms with Crippen LogP contribution in [0.1, 0.15) is 51.9 Å². The predicted octanol–water partition coefficient (Wildman–Crippen LogP) is 3.69. The number of nitrogens with one attached hydrogen (secondary N) is 1. The Hall–Kier alpha value is -3.04. The molecular formula is C25H29N3O5S. The molecule has 34 heavy (non-hydrogen) atoms. The van der Waals surface area contributed by atoms with Crippen LogP contribution in [0.4, 0.5) is 11.4 Å². The minimum Gasteiger partial charge on any atom is -0.326 e. The molecule has 8 nitrogen and oxygen atoms in total. The number of benzene rings is 2. The molecule has 0 aromatic heterocycles. The van der Waals surface area contributed by atoms with Gasteiger partial charge in [-0.1, -0.05) is 43.9 Å². The average Bonchev–Trinajstić information content (AvgIpc) is 2.96. The van der Waals surface area contributed by atoms with E-state index in [2.05, 4.69) is 5.32 Å². The number of hydrogen-bond donors (Lipinski definition) is 1. The lowest BCUT2D eigenvalue weighted by molar-refractivity contribution is -0.122. The summed E-state index contributed by atoms with van der Waals surface area (Å²) in [4.78, 5) is 38.8. The van der Waals surface area contributed by atoms with Crippen LogP contribution in [0.2, 0.25) is 0 Å². The molecule has 1 unspecified atom stereocenters. The van der Waals surface area contributed by atoms with Gasteiger partial charge in [-0.25, -0.2) is 13.3 Å². The van der Waals surface area contributed by atoms with Gasteiger partial charge in [-0.2, -0.15) is 4.31 Å². The third-order valence-corrected chi connectivity index (χ3v) is 8.35. The maximum atomic E-state index is 13.9. The number of para-hydroxylation sites is 1. The van der Waals surface area contributed by atoms with Gasteiger partial charge in [0, 0.05) is 18.7 Å². The number of anilines is 2. The first-order valence-corrected chi connectivity index (χ1v) is 13.1. The molecular weight excluding hydrogens is 454 g/mol. The maximum Gasteiger partial charge on any atom is 0.252 e. The summed E-state index contributed by atoms with van der Waals surface area (Å²) < 4.78 is 29.1. The second-order valence-electron chi connectivity index (χ2n) is 8.81. The summed E-state index contributed by atoms with van der Waals surface area (Å²) >= 11 is 0. The summed E-state index contributed by atoms with van der Waals surface area (Å²) in [7, 11) is -4.09. The Labute approximate surface area is 200 Å². The van der Waals surface area contributed by atoms with Crippen LogP contribution in [0.25, 0.3) is 0 Å². The molecule has 1 saturated heterocycles. The van der Waals surface area contributed by atoms with Crippen molar-refractivity contribution >= 4 is 39.1 Å². The SMILES string of the molecule is CC(=O)Nc1ccc(S(=O)(=O)N(C2CCCCCC2)C2CC(=O)N(c3ccccc3)C2=O)cc1. The van der Waals surface area contributed by atoms with Gasteiger partial charge in [0.25, 0.3) is 5.91 Å². The Kier molecular flexibility index (Phi) is 7.13. The molecule has 9 heteroatoms. The molecule has 1 saturated carbocycles. The monoisotopic (exact) mass is 483 g/mol. The fourth-order valence-electron chi connectivity index (χ4n) is 4.83. The Morgan fingerprint density at radius 1 is 0.941 bits per heavy atom. The first-order chi connectivity index (χ1) is 16.3. The number of carbonyl (C=O) groups excluding carboxylic acids is 3. The van der Waals surface area contributed by atoms with Crippen molar-refractivity contribution in [2.24, 2.45) is 0 Å². The molecule has 1 aliphatic carbocycles. The zero-order valence-corrected chi connectivity index (χ0v) is 20.0. The molecule has 1 heterocycles. The fourth-order valence-corrected chi connectivity index (χ4v) is 6.66. The molecule has 2 aromatic rings. The van der Waals surface area contributed by atoms with Crippen LogP contribution in [0.15, 0.2) is 59.5 Å². The average molecular weight is 484 g/mol. The van der Waals surface area contributed by atoms with Crippen molar-refractivity contribution < 1.29 is 22.8 Å². The molecule has 2 fully saturated rings. The van der Waals surface area contributed by atoms with Gasteiger partial charge in [0.15, 0.2) is 0 Å². The van der Waals surface area contributed by atoms with Crippen LogP contribution in [0, 0.1) is 0 Å². The summed E-state index contributed by atoms with van der Waals surface area (Å²) in [6.07, 6.45) is 4.88. The van der Waals surface area contributed by atoms with E-state index < -0.39 is 27.9 Å². The molecule has 2 aromatic carbocycles. The Morgan fingerprint density at radius 2 is 1.56 bits per heavy atom. The van der Waals surface area contributed by atoms with Gasteiger partial charge in [0.2, 0.25) is 21.8 Å². The van der Waals surface area contributed by atoms with Crippen LogP contribution < -0.4 is 10.2 Å². The van der Waals surface area contributed by atoms with E-state index in [9.17, 15) is 22.8 Å². The first kappa shape index (κ1) is 24.1. The van der Waals surface area contributed by atoms with Gasteiger partial charge in [-0.3, -0.25) is 14.4 Å². The summed E-state index contributed by atoms with van der Waals surface area (Å²) in [5.74, 6) is -1.18. The molecule has 1 N–H and O–H groups in total. The fraction of sp³-hybridized carbons (Fsp3) is 0.400. The maximum absolute atomic E-state index is 13.9. The zero-order chi connectivity index (χ0) is 24.3. The highest BCUT2D eigenvalue weighted by atomic mass is 32.2. The van der Waals surface area contributed by atoms with Crippen molar-refractivity contribution in [3.63, 3.8) is 0 Å². The Morgan fingerprint density at radius 3 is 2.15 bits per heavy atom. The topological polar surface area (TPSA) is 104 Å². The summed E-state index contributed by atoms with van der Waals surface area (Å²) in [5, 5.41) is 2.62. The number of carbonyl (C=O) groups is 3. The van der Waals surface area contributed by atoms with Gasteiger partial charge in [-0.15, -0.1) is 0 Å². The number of rotatable bonds is 6. The molecule has 0 spiro atoms. The smallest absolute Gasteiger partial charge is 0.252 e. The highest BCUT2D eigenvalue weighted by Gasteiger charge is 2.49. The van der Waals surface area contributed by atoms with Crippen LogP contribution in [0.3, 0.4) is 0 Å². The summed E-state index contributed by atoms with van der Waals surface area (Å²) in [6.45, 7) is 1.37. The van der Waals surface area contributed by atoms with Crippen molar-refractivity contribution in [2.75, 3.05) is 10.2 Å². The quantitative estimate of drug-likeness (QED) is 0.499. The lowest BCUT2D eigenvalue weighted by Crippen LogP contribution is -2.50. The van der Waals surface area contributed by atoms with E-state index in [4.69, 9.17) is 0 Å². The minimum absolute atomic E-state index is 0.0317. The van der Waals surface area contributed by atoms with Crippen molar-refractivity contribution in [3.8, 4) is 0 Å². The van der Waals surface area contributed by atoms with Gasteiger partial charge in [-0.05, 0) is 49.2 Å². The van der Waals surface area contributed by atoms with Crippen LogP contribution in [-0.4, -0.2) is 42.5 Å². The number of hydrogen-bond acceptors (Lipinski definition) is 5. The van der Waals surface area contributed by atoms with E-state index in [0.717, 1.165) is 30.6 Å². The van der Waals surface area contributed by atoms with E-state index in [0.29, 0.717) is 24.2 Å². The molecule has 180 valence electrons. The zero-order valence-electron chi connectivity index (χ0n) is 19.1. The molecule has 4 rings (SSSR count). The normalized spacial score (nSPS) is 19.9. The van der Waals surface area contributed by atoms with E-state index in [1.54, 1.807) is 30.3 Å². The standard InChI is InChI=1S/C25H29N3O5S/c1-18(29)26-19-13-15-22(16-14-19)34(32,33)28(21-11-5-2-3-6-12-21)23-17-24(30)27(25(23)31)20-9-7-4-8-10-20/h4,7-10,13-16,21,23H,2-3,5-6,11-12,17H2,1H3,(H,26,29). The first-order valence-electron chi connectivity index (χ1n) is 11.6. The largest absolute Gasteiger partial charge is 0.326 e. The van der Waals surface area contributed by atoms with Gasteiger partial charge in [0.05, 0.1) is 17.0 Å². The number of imide groups is 1. The van der Waals surface area contributed by atoms with Gasteiger partial charge in [0.1, 0.15) is 6.04 Å². The molecule has 3 amide bonds. The van der Waals surface area contributed by atoms with Crippen LogP contribution >= 0.6 is 0 Å². The molecule has 2 aliphatic rings. The van der Waals surface area contributed by atoms with Crippen molar-refractivity contribution in [1.82, 2.24) is 4.31 Å². The third kappa shape index (κ3) is 4.90. The summed E-state index contributed by atoms with van der Waals surface area (Å²) in [5.41, 5.74) is 0.924. The number of nitrogens with zero attached hydrogens (tertiary/aromatic N) is 2. The number of sulfonamides is 1. The van der Waals surface area contributed by atoms with E-state index in [1.807, 2.05) is 0 Å². The van der Waals surface area contributed by atoms with Crippen LogP contribution in [-0.2, 0) is 24.4 Å². The second-order valence-corrected chi connectivity index (χ2v) is 10.7. The highest BCUT2D eigenvalue weighted by molar-refractivity contribution is 7.89. The Balaban J connectivity index is 1.72. The van der Waals surface area contributed by atoms with Gasteiger partial charge < -0.3 is 5.32 Å². The van der Waals surface area contributed by atoms with Crippen molar-refractivity contribution in [2.45, 2.75) is 68.8 Å². The van der Waals surface area contributed by atoms with Crippen molar-refractivity contribution in [3.05, 3.63) is 54.6 Å². The minimum atomic E-state index is -4.09. The molecule has 1 atom stereocenters. The molecule has 0 bridgehead atoms. The highest BCUT2D eigenvalue weighted by Crippen LogP contribution is 2.34. The Bertz CT molecular complexity index is 1160. The predicted molar refractivity (Wildman–Crippen MR) is 129 cm³/mol. The van der Waals surface area contributed by atoms with Crippen molar-refractivity contribution in [1.29, 1.82) is 0 Å². The third-order valence-electron chi connectivity index (χ3n) is 6.38. The van der Waals surface area contributed by atoms with Crippen LogP contribution in [0.5, 0.6) is 0 Å². The number of amides is 3. The van der Waals surface area contributed by atoms with E-state index >= 15 is 0 Å². The van der Waals surface area contributed by atoms with E-state index in [-0.39, 0.29) is 23.3 Å². The lowest BCUT2D eigenvalue weighted by atomic mass is 10.1. The lowest BCUT2D eigenvalue weighted by Gasteiger charge is -2.33.